The van der Waals surface area contributed by atoms with Gasteiger partial charge in [-0.15, -0.1) is 11.3 Å². The Bertz CT molecular complexity index is 533. The quantitative estimate of drug-likeness (QED) is 0.785. The lowest BCUT2D eigenvalue weighted by Crippen LogP contribution is -2.37. The van der Waals surface area contributed by atoms with Gasteiger partial charge in [-0.1, -0.05) is 13.8 Å². The van der Waals surface area contributed by atoms with Gasteiger partial charge in [0, 0.05) is 38.0 Å². The van der Waals surface area contributed by atoms with Gasteiger partial charge in [0.2, 0.25) is 5.91 Å². The molecule has 0 atom stereocenters. The Morgan fingerprint density at radius 1 is 1.55 bits per heavy atom. The molecule has 0 fully saturated rings. The maximum atomic E-state index is 12.4. The van der Waals surface area contributed by atoms with E-state index in [1.54, 1.807) is 18.4 Å². The van der Waals surface area contributed by atoms with E-state index < -0.39 is 0 Å². The van der Waals surface area contributed by atoms with Crippen LogP contribution in [0.1, 0.15) is 19.5 Å². The lowest BCUT2D eigenvalue weighted by Gasteiger charge is -2.24. The van der Waals surface area contributed by atoms with Crippen LogP contribution in [0.15, 0.2) is 17.8 Å². The van der Waals surface area contributed by atoms with Crippen molar-refractivity contribution in [3.05, 3.63) is 23.5 Å². The summed E-state index contributed by atoms with van der Waals surface area (Å²) in [5.41, 5.74) is 0.827. The second-order valence-electron chi connectivity index (χ2n) is 5.23. The summed E-state index contributed by atoms with van der Waals surface area (Å²) in [5.74, 6) is 0.558. The Kier molecular flexibility index (Phi) is 5.14. The summed E-state index contributed by atoms with van der Waals surface area (Å²) >= 11 is 1.58. The fourth-order valence-corrected chi connectivity index (χ4v) is 2.81. The smallest absolute Gasteiger partial charge is 0.228 e. The molecule has 2 heterocycles. The zero-order chi connectivity index (χ0) is 14.5. The number of amides is 1. The van der Waals surface area contributed by atoms with Crippen LogP contribution in [-0.4, -0.2) is 47.0 Å². The molecule has 5 nitrogen and oxygen atoms in total. The highest BCUT2D eigenvalue weighted by atomic mass is 32.1. The molecule has 0 bridgehead atoms. The molecule has 6 heteroatoms. The number of rotatable bonds is 7. The van der Waals surface area contributed by atoms with Crippen molar-refractivity contribution in [3.8, 4) is 0 Å². The maximum Gasteiger partial charge on any atom is 0.228 e. The second kappa shape index (κ2) is 6.85. The number of carbonyl (C=O) groups excluding carboxylic acids is 1. The normalized spacial score (nSPS) is 11.4. The Morgan fingerprint density at radius 3 is 3.00 bits per heavy atom. The number of fused-ring (bicyclic) bond motifs is 1. The Hall–Kier alpha value is -1.40. The summed E-state index contributed by atoms with van der Waals surface area (Å²) < 4.78 is 7.03. The molecule has 2 aromatic rings. The first-order valence-electron chi connectivity index (χ1n) is 6.78. The zero-order valence-electron chi connectivity index (χ0n) is 12.2. The highest BCUT2D eigenvalue weighted by Crippen LogP contribution is 2.12. The van der Waals surface area contributed by atoms with Crippen molar-refractivity contribution < 1.29 is 9.53 Å². The van der Waals surface area contributed by atoms with E-state index in [9.17, 15) is 4.79 Å². The van der Waals surface area contributed by atoms with Crippen LogP contribution >= 0.6 is 11.3 Å². The minimum atomic E-state index is 0.113. The number of imidazole rings is 1. The van der Waals surface area contributed by atoms with Crippen LogP contribution in [0.25, 0.3) is 4.96 Å². The second-order valence-corrected chi connectivity index (χ2v) is 6.10. The average Bonchev–Trinajstić information content (AvgIpc) is 2.94. The van der Waals surface area contributed by atoms with Gasteiger partial charge in [-0.2, -0.15) is 0 Å². The number of nitrogens with zero attached hydrogens (tertiary/aromatic N) is 3. The minimum Gasteiger partial charge on any atom is -0.383 e. The largest absolute Gasteiger partial charge is 0.383 e. The van der Waals surface area contributed by atoms with Gasteiger partial charge in [0.15, 0.2) is 4.96 Å². The first-order chi connectivity index (χ1) is 9.60. The molecular weight excluding hydrogens is 274 g/mol. The van der Waals surface area contributed by atoms with E-state index in [1.807, 2.05) is 27.1 Å². The molecule has 0 saturated carbocycles. The van der Waals surface area contributed by atoms with Crippen LogP contribution in [0, 0.1) is 5.92 Å². The van der Waals surface area contributed by atoms with Crippen molar-refractivity contribution in [2.75, 3.05) is 26.8 Å². The molecule has 2 rings (SSSR count). The standard InChI is InChI=1S/C14H21N3O2S/c1-11(2)9-16(4-6-19-3)13(18)8-12-10-17-5-7-20-14(17)15-12/h5,7,10-11H,4,6,8-9H2,1-3H3. The third kappa shape index (κ3) is 3.80. The third-order valence-corrected chi connectivity index (χ3v) is 3.75. The number of carbonyl (C=O) groups is 1. The van der Waals surface area contributed by atoms with Crippen LogP contribution in [0.4, 0.5) is 0 Å². The lowest BCUT2D eigenvalue weighted by molar-refractivity contribution is -0.131. The topological polar surface area (TPSA) is 46.8 Å². The van der Waals surface area contributed by atoms with Crippen molar-refractivity contribution >= 4 is 22.2 Å². The molecule has 0 aliphatic carbocycles. The summed E-state index contributed by atoms with van der Waals surface area (Å²) in [4.78, 5) is 19.6. The van der Waals surface area contributed by atoms with Crippen molar-refractivity contribution in [1.82, 2.24) is 14.3 Å². The maximum absolute atomic E-state index is 12.4. The summed E-state index contributed by atoms with van der Waals surface area (Å²) in [6, 6.07) is 0. The predicted molar refractivity (Wildman–Crippen MR) is 80.1 cm³/mol. The van der Waals surface area contributed by atoms with Gasteiger partial charge >= 0.3 is 0 Å². The van der Waals surface area contributed by atoms with Gasteiger partial charge in [-0.3, -0.25) is 9.20 Å². The summed E-state index contributed by atoms with van der Waals surface area (Å²) in [5, 5.41) is 1.98. The number of hydrogen-bond donors (Lipinski definition) is 0. The van der Waals surface area contributed by atoms with Crippen LogP contribution in [-0.2, 0) is 16.0 Å². The predicted octanol–water partition coefficient (Wildman–Crippen LogP) is 2.07. The third-order valence-electron chi connectivity index (χ3n) is 2.98. The minimum absolute atomic E-state index is 0.113. The van der Waals surface area contributed by atoms with Crippen LogP contribution in [0.2, 0.25) is 0 Å². The van der Waals surface area contributed by atoms with E-state index in [2.05, 4.69) is 18.8 Å². The zero-order valence-corrected chi connectivity index (χ0v) is 13.0. The molecule has 0 N–H and O–H groups in total. The summed E-state index contributed by atoms with van der Waals surface area (Å²) in [6.07, 6.45) is 4.23. The van der Waals surface area contributed by atoms with Crippen molar-refractivity contribution in [2.45, 2.75) is 20.3 Å². The Morgan fingerprint density at radius 2 is 2.35 bits per heavy atom. The number of methoxy groups -OCH3 is 1. The fraction of sp³-hybridized carbons (Fsp3) is 0.571. The summed E-state index contributed by atoms with van der Waals surface area (Å²) in [6.45, 7) is 6.18. The molecule has 0 aromatic carbocycles. The molecule has 0 saturated heterocycles. The van der Waals surface area contributed by atoms with E-state index in [0.29, 0.717) is 25.5 Å². The monoisotopic (exact) mass is 295 g/mol. The first-order valence-corrected chi connectivity index (χ1v) is 7.66. The number of hydrogen-bond acceptors (Lipinski definition) is 4. The summed E-state index contributed by atoms with van der Waals surface area (Å²) in [7, 11) is 1.65. The van der Waals surface area contributed by atoms with Gasteiger partial charge in [-0.25, -0.2) is 4.98 Å². The first kappa shape index (κ1) is 15.0. The van der Waals surface area contributed by atoms with E-state index >= 15 is 0 Å². The van der Waals surface area contributed by atoms with E-state index in [1.165, 1.54) is 0 Å². The number of thiazole rings is 1. The molecule has 0 aliphatic heterocycles. The van der Waals surface area contributed by atoms with E-state index in [0.717, 1.165) is 17.2 Å². The molecule has 20 heavy (non-hydrogen) atoms. The van der Waals surface area contributed by atoms with Crippen molar-refractivity contribution in [3.63, 3.8) is 0 Å². The van der Waals surface area contributed by atoms with Crippen LogP contribution < -0.4 is 0 Å². The highest BCUT2D eigenvalue weighted by molar-refractivity contribution is 7.15. The lowest BCUT2D eigenvalue weighted by atomic mass is 10.2. The molecule has 2 aromatic heterocycles. The molecule has 0 radical (unpaired) electrons. The molecular formula is C14H21N3O2S. The van der Waals surface area contributed by atoms with Gasteiger partial charge in [0.1, 0.15) is 0 Å². The number of ether oxygens (including phenoxy) is 1. The highest BCUT2D eigenvalue weighted by Gasteiger charge is 2.16. The van der Waals surface area contributed by atoms with Gasteiger partial charge in [0.05, 0.1) is 18.7 Å². The average molecular weight is 295 g/mol. The van der Waals surface area contributed by atoms with E-state index in [-0.39, 0.29) is 5.91 Å². The van der Waals surface area contributed by atoms with Gasteiger partial charge in [0.25, 0.3) is 0 Å². The SMILES string of the molecule is COCCN(CC(C)C)C(=O)Cc1cn2ccsc2n1. The van der Waals surface area contributed by atoms with Crippen LogP contribution in [0.3, 0.4) is 0 Å². The molecule has 110 valence electrons. The molecule has 0 spiro atoms. The van der Waals surface area contributed by atoms with Crippen LogP contribution in [0.5, 0.6) is 0 Å². The Balaban J connectivity index is 2.00. The van der Waals surface area contributed by atoms with Gasteiger partial charge in [-0.05, 0) is 5.92 Å². The molecule has 1 amide bonds. The number of aromatic nitrogens is 2. The Labute approximate surface area is 123 Å². The molecule has 0 unspecified atom stereocenters. The van der Waals surface area contributed by atoms with Crippen molar-refractivity contribution in [2.24, 2.45) is 5.92 Å². The fourth-order valence-electron chi connectivity index (χ4n) is 2.09. The van der Waals surface area contributed by atoms with Crippen molar-refractivity contribution in [1.29, 1.82) is 0 Å². The van der Waals surface area contributed by atoms with E-state index in [4.69, 9.17) is 4.74 Å². The van der Waals surface area contributed by atoms with Gasteiger partial charge < -0.3 is 9.64 Å². The molecule has 0 aliphatic rings.